The largest absolute Gasteiger partial charge is 0.383 e. The SMILES string of the molecule is COCCNCc1ccc(=O)n(CCOC)n1. The Morgan fingerprint density at radius 3 is 2.76 bits per heavy atom. The zero-order valence-corrected chi connectivity index (χ0v) is 10.3. The highest BCUT2D eigenvalue weighted by Crippen LogP contribution is 1.90. The molecule has 96 valence electrons. The average molecular weight is 241 g/mol. The Morgan fingerprint density at radius 2 is 2.06 bits per heavy atom. The van der Waals surface area contributed by atoms with E-state index in [1.807, 2.05) is 0 Å². The van der Waals surface area contributed by atoms with E-state index in [0.717, 1.165) is 12.2 Å². The van der Waals surface area contributed by atoms with Crippen molar-refractivity contribution in [3.8, 4) is 0 Å². The molecule has 0 aliphatic heterocycles. The lowest BCUT2D eigenvalue weighted by atomic mass is 10.4. The summed E-state index contributed by atoms with van der Waals surface area (Å²) in [5, 5.41) is 7.40. The zero-order chi connectivity index (χ0) is 12.5. The van der Waals surface area contributed by atoms with Crippen LogP contribution in [-0.2, 0) is 22.6 Å². The van der Waals surface area contributed by atoms with Crippen LogP contribution >= 0.6 is 0 Å². The van der Waals surface area contributed by atoms with Crippen LogP contribution in [0.2, 0.25) is 0 Å². The number of nitrogens with zero attached hydrogens (tertiary/aromatic N) is 2. The van der Waals surface area contributed by atoms with Gasteiger partial charge in [-0.15, -0.1) is 0 Å². The number of rotatable bonds is 8. The molecule has 0 fully saturated rings. The van der Waals surface area contributed by atoms with Crippen LogP contribution in [0.5, 0.6) is 0 Å². The third-order valence-electron chi connectivity index (χ3n) is 2.22. The van der Waals surface area contributed by atoms with Crippen molar-refractivity contribution in [1.29, 1.82) is 0 Å². The fourth-order valence-electron chi connectivity index (χ4n) is 1.31. The molecule has 1 heterocycles. The Kier molecular flexibility index (Phi) is 6.46. The predicted octanol–water partition coefficient (Wildman–Crippen LogP) is -0.374. The second-order valence-electron chi connectivity index (χ2n) is 3.55. The molecule has 1 rings (SSSR count). The van der Waals surface area contributed by atoms with Gasteiger partial charge in [0.25, 0.3) is 5.56 Å². The topological polar surface area (TPSA) is 65.4 Å². The van der Waals surface area contributed by atoms with Crippen molar-refractivity contribution in [1.82, 2.24) is 15.1 Å². The van der Waals surface area contributed by atoms with Gasteiger partial charge in [-0.3, -0.25) is 4.79 Å². The molecule has 0 saturated heterocycles. The number of aromatic nitrogens is 2. The maximum atomic E-state index is 11.5. The third kappa shape index (κ3) is 5.08. The number of nitrogens with one attached hydrogen (secondary N) is 1. The molecule has 1 N–H and O–H groups in total. The minimum atomic E-state index is -0.109. The van der Waals surface area contributed by atoms with Crippen LogP contribution in [0, 0.1) is 0 Å². The summed E-state index contributed by atoms with van der Waals surface area (Å²) in [7, 11) is 3.26. The highest BCUT2D eigenvalue weighted by Gasteiger charge is 2.00. The van der Waals surface area contributed by atoms with Gasteiger partial charge in [0.2, 0.25) is 0 Å². The van der Waals surface area contributed by atoms with Crippen LogP contribution in [0.15, 0.2) is 16.9 Å². The lowest BCUT2D eigenvalue weighted by Crippen LogP contribution is -2.27. The van der Waals surface area contributed by atoms with Crippen LogP contribution in [0.1, 0.15) is 5.69 Å². The fraction of sp³-hybridized carbons (Fsp3) is 0.636. The first-order chi connectivity index (χ1) is 8.27. The molecule has 0 saturated carbocycles. The van der Waals surface area contributed by atoms with E-state index < -0.39 is 0 Å². The van der Waals surface area contributed by atoms with E-state index in [-0.39, 0.29) is 5.56 Å². The van der Waals surface area contributed by atoms with E-state index in [1.54, 1.807) is 20.3 Å². The molecular formula is C11H19N3O3. The van der Waals surface area contributed by atoms with Gasteiger partial charge in [0.15, 0.2) is 0 Å². The molecule has 6 heteroatoms. The molecule has 0 spiro atoms. The van der Waals surface area contributed by atoms with Gasteiger partial charge in [-0.05, 0) is 6.07 Å². The van der Waals surface area contributed by atoms with Crippen molar-refractivity contribution in [3.63, 3.8) is 0 Å². The molecule has 0 amide bonds. The molecule has 1 aromatic heterocycles. The van der Waals surface area contributed by atoms with Crippen molar-refractivity contribution >= 4 is 0 Å². The molecule has 0 unspecified atom stereocenters. The fourth-order valence-corrected chi connectivity index (χ4v) is 1.31. The summed E-state index contributed by atoms with van der Waals surface area (Å²) in [4.78, 5) is 11.5. The summed E-state index contributed by atoms with van der Waals surface area (Å²) in [5.41, 5.74) is 0.722. The Morgan fingerprint density at radius 1 is 1.29 bits per heavy atom. The molecule has 17 heavy (non-hydrogen) atoms. The molecule has 1 aromatic rings. The maximum absolute atomic E-state index is 11.5. The van der Waals surface area contributed by atoms with Gasteiger partial charge in [0, 0.05) is 33.4 Å². The van der Waals surface area contributed by atoms with Gasteiger partial charge in [0.1, 0.15) is 0 Å². The quantitative estimate of drug-likeness (QED) is 0.629. The highest BCUT2D eigenvalue weighted by molar-refractivity contribution is 4.99. The van der Waals surface area contributed by atoms with E-state index in [4.69, 9.17) is 9.47 Å². The van der Waals surface area contributed by atoms with E-state index in [1.165, 1.54) is 10.7 Å². The Hall–Kier alpha value is -1.24. The first kappa shape index (κ1) is 13.8. The van der Waals surface area contributed by atoms with E-state index in [9.17, 15) is 4.79 Å². The molecule has 6 nitrogen and oxygen atoms in total. The summed E-state index contributed by atoms with van der Waals surface area (Å²) < 4.78 is 11.3. The van der Waals surface area contributed by atoms with Gasteiger partial charge in [-0.25, -0.2) is 4.68 Å². The lowest BCUT2D eigenvalue weighted by Gasteiger charge is -2.07. The maximum Gasteiger partial charge on any atom is 0.266 e. The van der Waals surface area contributed by atoms with Crippen molar-refractivity contribution < 1.29 is 9.47 Å². The number of ether oxygens (including phenoxy) is 2. The smallest absolute Gasteiger partial charge is 0.266 e. The van der Waals surface area contributed by atoms with E-state index in [2.05, 4.69) is 10.4 Å². The van der Waals surface area contributed by atoms with Crippen LogP contribution in [0.3, 0.4) is 0 Å². The molecule has 0 aromatic carbocycles. The van der Waals surface area contributed by atoms with Crippen LogP contribution in [0.4, 0.5) is 0 Å². The predicted molar refractivity (Wildman–Crippen MR) is 64.0 cm³/mol. The first-order valence-corrected chi connectivity index (χ1v) is 5.53. The molecular weight excluding hydrogens is 222 g/mol. The summed E-state index contributed by atoms with van der Waals surface area (Å²) in [6.45, 7) is 2.99. The normalized spacial score (nSPS) is 10.7. The Balaban J connectivity index is 2.52. The molecule has 0 bridgehead atoms. The van der Waals surface area contributed by atoms with Crippen LogP contribution in [0.25, 0.3) is 0 Å². The van der Waals surface area contributed by atoms with Crippen molar-refractivity contribution in [2.45, 2.75) is 13.1 Å². The second kappa shape index (κ2) is 7.94. The van der Waals surface area contributed by atoms with Crippen LogP contribution < -0.4 is 10.9 Å². The Bertz CT molecular complexity index is 378. The molecule has 0 aliphatic rings. The van der Waals surface area contributed by atoms with Gasteiger partial charge < -0.3 is 14.8 Å². The minimum Gasteiger partial charge on any atom is -0.383 e. The van der Waals surface area contributed by atoms with Gasteiger partial charge in [-0.2, -0.15) is 5.10 Å². The molecule has 0 atom stereocenters. The van der Waals surface area contributed by atoms with Crippen LogP contribution in [-0.4, -0.2) is 43.8 Å². The molecule has 0 aliphatic carbocycles. The molecule has 0 radical (unpaired) electrons. The third-order valence-corrected chi connectivity index (χ3v) is 2.22. The van der Waals surface area contributed by atoms with Crippen molar-refractivity contribution in [3.05, 3.63) is 28.2 Å². The van der Waals surface area contributed by atoms with Gasteiger partial charge in [0.05, 0.1) is 25.5 Å². The summed E-state index contributed by atoms with van der Waals surface area (Å²) in [5.74, 6) is 0. The summed E-state index contributed by atoms with van der Waals surface area (Å²) in [6.07, 6.45) is 0. The number of hydrogen-bond acceptors (Lipinski definition) is 5. The average Bonchev–Trinajstić information content (AvgIpc) is 2.35. The van der Waals surface area contributed by atoms with Gasteiger partial charge in [-0.1, -0.05) is 0 Å². The van der Waals surface area contributed by atoms with Crippen molar-refractivity contribution in [2.24, 2.45) is 0 Å². The standard InChI is InChI=1S/C11H19N3O3/c1-16-7-5-12-9-10-3-4-11(15)14(13-10)6-8-17-2/h3-4,12H,5-9H2,1-2H3. The minimum absolute atomic E-state index is 0.109. The summed E-state index contributed by atoms with van der Waals surface area (Å²) in [6, 6.07) is 3.25. The van der Waals surface area contributed by atoms with Gasteiger partial charge >= 0.3 is 0 Å². The van der Waals surface area contributed by atoms with Crippen molar-refractivity contribution in [2.75, 3.05) is 34.0 Å². The zero-order valence-electron chi connectivity index (χ0n) is 10.3. The number of methoxy groups -OCH3 is 2. The summed E-state index contributed by atoms with van der Waals surface area (Å²) >= 11 is 0. The highest BCUT2D eigenvalue weighted by atomic mass is 16.5. The monoisotopic (exact) mass is 241 g/mol. The Labute approximate surface area is 101 Å². The van der Waals surface area contributed by atoms with E-state index >= 15 is 0 Å². The number of hydrogen-bond donors (Lipinski definition) is 1. The first-order valence-electron chi connectivity index (χ1n) is 5.53. The second-order valence-corrected chi connectivity index (χ2v) is 3.55. The van der Waals surface area contributed by atoms with E-state index in [0.29, 0.717) is 26.3 Å². The lowest BCUT2D eigenvalue weighted by molar-refractivity contribution is 0.181.